The van der Waals surface area contributed by atoms with E-state index in [-0.39, 0.29) is 11.0 Å². The Kier molecular flexibility index (Phi) is 6.47. The van der Waals surface area contributed by atoms with Gasteiger partial charge in [-0.1, -0.05) is 11.3 Å². The van der Waals surface area contributed by atoms with Crippen LogP contribution in [-0.2, 0) is 21.8 Å². The van der Waals surface area contributed by atoms with Crippen LogP contribution in [-0.4, -0.2) is 56.6 Å². The smallest absolute Gasteiger partial charge is 0.279 e. The number of ether oxygens (including phenoxy) is 2. The highest BCUT2D eigenvalue weighted by atomic mass is 32.2. The molecule has 170 valence electrons. The number of carbonyl (C=O) groups is 1. The molecular weight excluding hydrogens is 450 g/mol. The number of hydrogen-bond acceptors (Lipinski definition) is 6. The van der Waals surface area contributed by atoms with Crippen molar-refractivity contribution >= 4 is 37.5 Å². The van der Waals surface area contributed by atoms with E-state index < -0.39 is 15.9 Å². The molecular formula is C22H25N3O5S2. The molecule has 1 amide bonds. The van der Waals surface area contributed by atoms with Crippen molar-refractivity contribution in [1.29, 1.82) is 0 Å². The minimum Gasteiger partial charge on any atom is -0.497 e. The lowest BCUT2D eigenvalue weighted by molar-refractivity contribution is 0.0979. The highest BCUT2D eigenvalue weighted by Crippen LogP contribution is 2.23. The Balaban J connectivity index is 1.55. The lowest BCUT2D eigenvalue weighted by atomic mass is 10.2. The van der Waals surface area contributed by atoms with Gasteiger partial charge in [0.05, 0.1) is 28.3 Å². The summed E-state index contributed by atoms with van der Waals surface area (Å²) in [7, 11) is 1.33. The van der Waals surface area contributed by atoms with Crippen molar-refractivity contribution in [2.75, 3.05) is 27.3 Å². The monoisotopic (exact) mass is 475 g/mol. The van der Waals surface area contributed by atoms with E-state index in [1.54, 1.807) is 14.2 Å². The number of carbonyl (C=O) groups excluding carboxylic acids is 1. The molecule has 1 aromatic heterocycles. The average Bonchev–Trinajstić information content (AvgIpc) is 3.41. The van der Waals surface area contributed by atoms with Gasteiger partial charge in [-0.15, -0.1) is 0 Å². The molecule has 2 aromatic carbocycles. The lowest BCUT2D eigenvalue weighted by Gasteiger charge is -2.20. The molecule has 3 aromatic rings. The Morgan fingerprint density at radius 2 is 2.03 bits per heavy atom. The maximum Gasteiger partial charge on any atom is 0.279 e. The van der Waals surface area contributed by atoms with E-state index in [9.17, 15) is 13.2 Å². The normalized spacial score (nSPS) is 17.4. The van der Waals surface area contributed by atoms with Crippen molar-refractivity contribution < 1.29 is 22.7 Å². The Morgan fingerprint density at radius 3 is 2.69 bits per heavy atom. The number of nitrogens with zero attached hydrogens (tertiary/aromatic N) is 3. The molecule has 1 atom stereocenters. The highest BCUT2D eigenvalue weighted by molar-refractivity contribution is 7.89. The number of likely N-dealkylation sites (N-methyl/N-ethyl adjacent to an activating group) is 1. The van der Waals surface area contributed by atoms with Crippen molar-refractivity contribution in [3.63, 3.8) is 0 Å². The third-order valence-corrected chi connectivity index (χ3v) is 8.44. The largest absolute Gasteiger partial charge is 0.497 e. The minimum absolute atomic E-state index is 0.0727. The predicted molar refractivity (Wildman–Crippen MR) is 122 cm³/mol. The van der Waals surface area contributed by atoms with Crippen LogP contribution >= 0.6 is 11.3 Å². The van der Waals surface area contributed by atoms with E-state index in [0.29, 0.717) is 23.5 Å². The molecule has 0 bridgehead atoms. The maximum absolute atomic E-state index is 12.8. The topological polar surface area (TPSA) is 90.2 Å². The summed E-state index contributed by atoms with van der Waals surface area (Å²) >= 11 is 1.38. The van der Waals surface area contributed by atoms with Crippen LogP contribution in [0.4, 0.5) is 0 Å². The minimum atomic E-state index is -3.66. The van der Waals surface area contributed by atoms with E-state index in [4.69, 9.17) is 9.47 Å². The van der Waals surface area contributed by atoms with Gasteiger partial charge in [0, 0.05) is 32.8 Å². The summed E-state index contributed by atoms with van der Waals surface area (Å²) < 4.78 is 40.6. The van der Waals surface area contributed by atoms with Crippen LogP contribution in [0.1, 0.15) is 23.2 Å². The van der Waals surface area contributed by atoms with Gasteiger partial charge in [-0.25, -0.2) is 8.42 Å². The van der Waals surface area contributed by atoms with Gasteiger partial charge in [-0.05, 0) is 55.3 Å². The molecule has 1 saturated heterocycles. The van der Waals surface area contributed by atoms with Crippen molar-refractivity contribution in [2.45, 2.75) is 23.8 Å². The zero-order valence-corrected chi connectivity index (χ0v) is 19.8. The van der Waals surface area contributed by atoms with E-state index in [1.165, 1.54) is 39.9 Å². The van der Waals surface area contributed by atoms with Gasteiger partial charge in [0.1, 0.15) is 5.75 Å². The number of fused-ring (bicyclic) bond motifs is 1. The predicted octanol–water partition coefficient (Wildman–Crippen LogP) is 2.79. The number of aromatic nitrogens is 1. The second-order valence-corrected chi connectivity index (χ2v) is 10.7. The second-order valence-electron chi connectivity index (χ2n) is 7.64. The van der Waals surface area contributed by atoms with Crippen LogP contribution in [0.2, 0.25) is 0 Å². The lowest BCUT2D eigenvalue weighted by Crippen LogP contribution is -2.34. The van der Waals surface area contributed by atoms with Crippen LogP contribution in [0.15, 0.2) is 52.4 Å². The number of benzene rings is 2. The Labute approximate surface area is 190 Å². The van der Waals surface area contributed by atoms with Gasteiger partial charge < -0.3 is 14.0 Å². The standard InChI is InChI=1S/C22H25N3O5S2/c1-24(14-17-5-4-12-30-17)32(27,28)18-9-6-15(7-10-18)21(26)23-22-25(2)19-11-8-16(29-3)13-20(19)31-22/h6-11,13,17H,4-5,12,14H2,1-3H3. The molecule has 0 spiro atoms. The van der Waals surface area contributed by atoms with Gasteiger partial charge in [0.2, 0.25) is 10.0 Å². The summed E-state index contributed by atoms with van der Waals surface area (Å²) in [5.41, 5.74) is 1.26. The molecule has 0 saturated carbocycles. The first-order valence-corrected chi connectivity index (χ1v) is 12.5. The molecule has 0 aliphatic carbocycles. The number of hydrogen-bond donors (Lipinski definition) is 0. The zero-order chi connectivity index (χ0) is 22.9. The summed E-state index contributed by atoms with van der Waals surface area (Å²) in [4.78, 5) is 17.6. The molecule has 1 aliphatic rings. The van der Waals surface area contributed by atoms with E-state index in [0.717, 1.165) is 28.8 Å². The quantitative estimate of drug-likeness (QED) is 0.547. The number of rotatable bonds is 6. The molecule has 32 heavy (non-hydrogen) atoms. The molecule has 0 radical (unpaired) electrons. The van der Waals surface area contributed by atoms with E-state index >= 15 is 0 Å². The molecule has 1 unspecified atom stereocenters. The summed E-state index contributed by atoms with van der Waals surface area (Å²) in [6.07, 6.45) is 1.73. The van der Waals surface area contributed by atoms with E-state index in [2.05, 4.69) is 4.99 Å². The SMILES string of the molecule is COc1ccc2c(c1)sc(=NC(=O)c1ccc(S(=O)(=O)N(C)CC3CCCO3)cc1)n2C. The molecule has 0 N–H and O–H groups in total. The number of thiazole rings is 1. The van der Waals surface area contributed by atoms with Crippen molar-refractivity contribution in [1.82, 2.24) is 8.87 Å². The highest BCUT2D eigenvalue weighted by Gasteiger charge is 2.26. The van der Waals surface area contributed by atoms with Crippen LogP contribution < -0.4 is 9.54 Å². The number of aryl methyl sites for hydroxylation is 1. The zero-order valence-electron chi connectivity index (χ0n) is 18.1. The Bertz CT molecular complexity index is 1300. The third kappa shape index (κ3) is 4.49. The fourth-order valence-corrected chi connectivity index (χ4v) is 5.87. The third-order valence-electron chi connectivity index (χ3n) is 5.51. The van der Waals surface area contributed by atoms with Crippen molar-refractivity contribution in [3.05, 3.63) is 52.8 Å². The molecule has 10 heteroatoms. The summed E-state index contributed by atoms with van der Waals surface area (Å²) in [5, 5.41) is 0. The average molecular weight is 476 g/mol. The molecule has 2 heterocycles. The number of methoxy groups -OCH3 is 1. The Hall–Kier alpha value is -2.53. The first-order valence-electron chi connectivity index (χ1n) is 10.2. The first kappa shape index (κ1) is 22.7. The maximum atomic E-state index is 12.8. The van der Waals surface area contributed by atoms with Crippen molar-refractivity contribution in [2.24, 2.45) is 12.0 Å². The molecule has 1 fully saturated rings. The summed E-state index contributed by atoms with van der Waals surface area (Å²) in [6, 6.07) is 11.6. The van der Waals surface area contributed by atoms with Gasteiger partial charge in [-0.3, -0.25) is 4.79 Å². The van der Waals surface area contributed by atoms with Gasteiger partial charge in [-0.2, -0.15) is 9.30 Å². The fraction of sp³-hybridized carbons (Fsp3) is 0.364. The van der Waals surface area contributed by atoms with Gasteiger partial charge in [0.25, 0.3) is 5.91 Å². The fourth-order valence-electron chi connectivity index (χ4n) is 3.62. The van der Waals surface area contributed by atoms with Crippen LogP contribution in [0.3, 0.4) is 0 Å². The molecule has 1 aliphatic heterocycles. The summed E-state index contributed by atoms with van der Waals surface area (Å²) in [6.45, 7) is 0.982. The van der Waals surface area contributed by atoms with Crippen LogP contribution in [0.25, 0.3) is 10.2 Å². The first-order chi connectivity index (χ1) is 15.3. The Morgan fingerprint density at radius 1 is 1.28 bits per heavy atom. The molecule has 4 rings (SSSR count). The van der Waals surface area contributed by atoms with Gasteiger partial charge >= 0.3 is 0 Å². The summed E-state index contributed by atoms with van der Waals surface area (Å²) in [5.74, 6) is 0.300. The van der Waals surface area contributed by atoms with Gasteiger partial charge in [0.15, 0.2) is 4.80 Å². The second kappa shape index (κ2) is 9.14. The number of sulfonamides is 1. The van der Waals surface area contributed by atoms with Crippen molar-refractivity contribution in [3.8, 4) is 5.75 Å². The van der Waals surface area contributed by atoms with Crippen LogP contribution in [0.5, 0.6) is 5.75 Å². The number of amides is 1. The van der Waals surface area contributed by atoms with Crippen LogP contribution in [0, 0.1) is 0 Å². The molecule has 8 nitrogen and oxygen atoms in total. The van der Waals surface area contributed by atoms with E-state index in [1.807, 2.05) is 29.8 Å².